The maximum Gasteiger partial charge on any atom is 0.323 e. The van der Waals surface area contributed by atoms with Crippen LogP contribution in [0.2, 0.25) is 0 Å². The van der Waals surface area contributed by atoms with Crippen LogP contribution in [0.4, 0.5) is 9.18 Å². The van der Waals surface area contributed by atoms with Gasteiger partial charge in [0.15, 0.2) is 0 Å². The molecule has 0 heterocycles. The van der Waals surface area contributed by atoms with E-state index in [4.69, 9.17) is 4.79 Å². The van der Waals surface area contributed by atoms with Crippen LogP contribution in [0.25, 0.3) is 0 Å². The van der Waals surface area contributed by atoms with Gasteiger partial charge in [0.25, 0.3) is 5.94 Å². The lowest BCUT2D eigenvalue weighted by Crippen LogP contribution is -1.86. The van der Waals surface area contributed by atoms with Crippen LogP contribution in [-0.2, 0) is 0 Å². The van der Waals surface area contributed by atoms with Crippen LogP contribution >= 0.6 is 12.5 Å². The van der Waals surface area contributed by atoms with Gasteiger partial charge in [0.1, 0.15) is 0 Å². The van der Waals surface area contributed by atoms with Crippen molar-refractivity contribution in [3.8, 4) is 0 Å². The zero-order valence-electron chi connectivity index (χ0n) is 2.31. The molecule has 27 valence electrons. The van der Waals surface area contributed by atoms with Gasteiger partial charge in [-0.15, -0.1) is 0 Å². The van der Waals surface area contributed by atoms with Crippen LogP contribution in [0.5, 0.6) is 0 Å². The normalized spacial score (nSPS) is 6.80. The number of rotatable bonds is 1. The van der Waals surface area contributed by atoms with Crippen molar-refractivity contribution < 1.29 is 9.18 Å². The third kappa shape index (κ3) is 4.01. The molecule has 0 aliphatic heterocycles. The Bertz CT molecular complexity index is 46.9. The van der Waals surface area contributed by atoms with Gasteiger partial charge in [0.05, 0.1) is 0 Å². The first-order valence-corrected chi connectivity index (χ1v) is 1.46. The molecule has 0 spiro atoms. The number of carbonyl (C=O) groups excluding carboxylic acids is 1. The molecule has 0 N–H and O–H groups in total. The first-order valence-electron chi connectivity index (χ1n) is 0.940. The van der Waals surface area contributed by atoms with Crippen molar-refractivity contribution in [3.63, 3.8) is 0 Å². The highest BCUT2D eigenvalue weighted by Gasteiger charge is 1.89. The van der Waals surface area contributed by atoms with Crippen LogP contribution in [0.15, 0.2) is 0 Å². The summed E-state index contributed by atoms with van der Waals surface area (Å²) < 4.78 is 10.7. The lowest BCUT2D eigenvalue weighted by atomic mass is 10.2. The minimum Gasteiger partial charge on any atom is -0.274 e. The lowest BCUT2D eigenvalue weighted by Gasteiger charge is -1.62. The van der Waals surface area contributed by atoms with Gasteiger partial charge in [-0.2, -0.15) is 4.39 Å². The first kappa shape index (κ1) is 5.01. The van der Waals surface area contributed by atoms with Gasteiger partial charge in [-0.25, -0.2) is 12.5 Å². The fourth-order valence-corrected chi connectivity index (χ4v) is 0. The van der Waals surface area contributed by atoms with Gasteiger partial charge in [0.2, 0.25) is 0 Å². The molecule has 0 rings (SSSR count). The smallest absolute Gasteiger partial charge is 0.274 e. The molecule has 0 bridgehead atoms. The van der Waals surface area contributed by atoms with E-state index >= 15 is 0 Å². The maximum absolute atomic E-state index is 10.7. The van der Waals surface area contributed by atoms with Gasteiger partial charge in [-0.1, -0.05) is 0 Å². The van der Waals surface area contributed by atoms with E-state index in [1.807, 2.05) is 0 Å². The molecule has 0 saturated heterocycles. The Labute approximate surface area is 35.1 Å². The highest BCUT2D eigenvalue weighted by molar-refractivity contribution is 8.09. The van der Waals surface area contributed by atoms with Crippen LogP contribution in [0.3, 0.4) is 0 Å². The molecule has 4 heteroatoms. The second-order valence-corrected chi connectivity index (χ2v) is 0.691. The summed E-state index contributed by atoms with van der Waals surface area (Å²) in [6.07, 6.45) is 0. The average Bonchev–Trinajstić information content (AvgIpc) is 1.38. The quantitative estimate of drug-likeness (QED) is 0.284. The third-order valence-electron chi connectivity index (χ3n) is 0.101. The van der Waals surface area contributed by atoms with Crippen LogP contribution < -0.4 is 0 Å². The van der Waals surface area contributed by atoms with Gasteiger partial charge >= 0.3 is 6.56 Å². The summed E-state index contributed by atoms with van der Waals surface area (Å²) in [6, 6.07) is 0. The molecule has 1 nitrogen and oxygen atoms in total. The Balaban J connectivity index is 2.85. The summed E-state index contributed by atoms with van der Waals surface area (Å²) in [5.41, 5.74) is 0. The topological polar surface area (TPSA) is 17.1 Å². The zero-order valence-corrected chi connectivity index (χ0v) is 3.21. The molecule has 0 aromatic heterocycles. The van der Waals surface area contributed by atoms with E-state index in [9.17, 15) is 4.39 Å². The van der Waals surface area contributed by atoms with Gasteiger partial charge in [-0.3, -0.25) is 4.79 Å². The molecule has 0 aliphatic rings. The van der Waals surface area contributed by atoms with Crippen molar-refractivity contribution in [1.82, 2.24) is 0 Å². The molecule has 0 aliphatic carbocycles. The van der Waals surface area contributed by atoms with Crippen molar-refractivity contribution in [2.45, 2.75) is 0 Å². The molecule has 1 radical (unpaired) electrons. The molecular formula is CHBFOS. The minimum atomic E-state index is -1.51. The van der Waals surface area contributed by atoms with E-state index < -0.39 is 5.94 Å². The number of thiol groups is 1. The fourth-order valence-electron chi connectivity index (χ4n) is 0. The monoisotopic (exact) mass is 91.0 g/mol. The van der Waals surface area contributed by atoms with Crippen LogP contribution in [0, 0.1) is 0 Å². The van der Waals surface area contributed by atoms with E-state index in [2.05, 4.69) is 12.5 Å². The summed E-state index contributed by atoms with van der Waals surface area (Å²) in [6.45, 7) is 0.556. The van der Waals surface area contributed by atoms with Crippen molar-refractivity contribution in [3.05, 3.63) is 0 Å². The Morgan fingerprint density at radius 1 is 2.00 bits per heavy atom. The molecule has 0 atom stereocenters. The third-order valence-corrected chi connectivity index (χ3v) is 0.304. The molecule has 0 unspecified atom stereocenters. The molecular weight excluding hydrogens is 89.9 g/mol. The molecule has 0 fully saturated rings. The standard InChI is InChI=1S/CHBFOS/c3-1(4)2-5/h5H. The molecule has 0 aromatic rings. The second kappa shape index (κ2) is 2.26. The maximum atomic E-state index is 10.7. The van der Waals surface area contributed by atoms with Crippen molar-refractivity contribution >= 4 is 25.0 Å². The van der Waals surface area contributed by atoms with E-state index in [1.165, 1.54) is 0 Å². The predicted octanol–water partition coefficient (Wildman–Crippen LogP) is 0.625. The Hall–Kier alpha value is 0.0149. The van der Waals surface area contributed by atoms with Gasteiger partial charge in [0, 0.05) is 0 Å². The highest BCUT2D eigenvalue weighted by atomic mass is 32.1. The van der Waals surface area contributed by atoms with E-state index in [0.717, 1.165) is 0 Å². The van der Waals surface area contributed by atoms with Crippen molar-refractivity contribution in [2.24, 2.45) is 0 Å². The van der Waals surface area contributed by atoms with Crippen LogP contribution in [0.1, 0.15) is 0 Å². The number of hydrogen-bond acceptors (Lipinski definition) is 2. The lowest BCUT2D eigenvalue weighted by molar-refractivity contribution is 0.243. The van der Waals surface area contributed by atoms with E-state index in [-0.39, 0.29) is 0 Å². The fraction of sp³-hybridized carbons (Fsp3) is 0. The molecule has 0 amide bonds. The summed E-state index contributed by atoms with van der Waals surface area (Å²) in [7, 11) is 0. The zero-order chi connectivity index (χ0) is 4.28. The highest BCUT2D eigenvalue weighted by Crippen LogP contribution is 1.73. The molecule has 5 heavy (non-hydrogen) atoms. The summed E-state index contributed by atoms with van der Waals surface area (Å²) in [5, 5.41) is 0. The van der Waals surface area contributed by atoms with Crippen molar-refractivity contribution in [2.75, 3.05) is 0 Å². The molecule has 0 aromatic carbocycles. The Morgan fingerprint density at radius 2 is 2.20 bits per heavy atom. The van der Waals surface area contributed by atoms with E-state index in [1.54, 1.807) is 0 Å². The molecule has 0 saturated carbocycles. The number of hydrogen-bond donors (Lipinski definition) is 1. The Morgan fingerprint density at radius 3 is 2.20 bits per heavy atom. The first-order chi connectivity index (χ1) is 2.27. The average molecular weight is 90.9 g/mol. The van der Waals surface area contributed by atoms with Crippen LogP contribution in [-0.4, -0.2) is 12.5 Å². The number of halogens is 1. The van der Waals surface area contributed by atoms with Crippen molar-refractivity contribution in [1.29, 1.82) is 0 Å². The largest absolute Gasteiger partial charge is 0.323 e. The minimum absolute atomic E-state index is 0.556. The second-order valence-electron chi connectivity index (χ2n) is 0.433. The van der Waals surface area contributed by atoms with Gasteiger partial charge < -0.3 is 0 Å². The summed E-state index contributed by atoms with van der Waals surface area (Å²) in [4.78, 5) is 9.01. The number of carbonyl (C=O) groups is 1. The summed E-state index contributed by atoms with van der Waals surface area (Å²) >= 11 is 3.17. The van der Waals surface area contributed by atoms with Gasteiger partial charge in [-0.05, 0) is 0 Å². The SMILES string of the molecule is O=C(F)[B]S. The predicted molar refractivity (Wildman–Crippen MR) is 21.2 cm³/mol. The summed E-state index contributed by atoms with van der Waals surface area (Å²) in [5.74, 6) is -1.51. The Kier molecular flexibility index (Phi) is 2.27. The van der Waals surface area contributed by atoms with E-state index in [0.29, 0.717) is 6.56 Å².